The van der Waals surface area contributed by atoms with Crippen molar-refractivity contribution in [1.82, 2.24) is 9.97 Å². The number of carbonyl (C=O) groups is 1. The molecule has 0 fully saturated rings. The van der Waals surface area contributed by atoms with Crippen molar-refractivity contribution in [2.24, 2.45) is 5.73 Å². The molecule has 2 rings (SSSR count). The fraction of sp³-hybridized carbons (Fsp3) is 0.154. The zero-order chi connectivity index (χ0) is 15.4. The van der Waals surface area contributed by atoms with Crippen molar-refractivity contribution < 1.29 is 13.9 Å². The predicted octanol–water partition coefficient (Wildman–Crippen LogP) is 2.37. The van der Waals surface area contributed by atoms with Gasteiger partial charge in [-0.2, -0.15) is 0 Å². The number of hydrogen-bond donors (Lipinski definition) is 2. The molecular weight excluding hydrogens is 343 g/mol. The summed E-state index contributed by atoms with van der Waals surface area (Å²) in [5, 5.41) is 2.73. The molecule has 0 saturated carbocycles. The lowest BCUT2D eigenvalue weighted by Gasteiger charge is -2.11. The molecule has 3 N–H and O–H groups in total. The number of methoxy groups -OCH3 is 1. The standard InChI is InChI=1S/C13H12BrFN4O2/c1-21-13(20)11-12(18-8(5-16)6-17-11)19-10-3-2-7(14)4-9(10)15/h2-4,6H,5,16H2,1H3,(H,18,19). The maximum Gasteiger partial charge on any atom is 0.360 e. The van der Waals surface area contributed by atoms with Gasteiger partial charge in [-0.1, -0.05) is 15.9 Å². The lowest BCUT2D eigenvalue weighted by molar-refractivity contribution is 0.0595. The van der Waals surface area contributed by atoms with Crippen molar-refractivity contribution in [1.29, 1.82) is 0 Å². The Bertz CT molecular complexity index is 681. The lowest BCUT2D eigenvalue weighted by atomic mass is 10.3. The Morgan fingerprint density at radius 2 is 2.29 bits per heavy atom. The highest BCUT2D eigenvalue weighted by Crippen LogP contribution is 2.24. The van der Waals surface area contributed by atoms with Gasteiger partial charge in [0, 0.05) is 11.0 Å². The number of nitrogens with one attached hydrogen (secondary N) is 1. The molecule has 0 aliphatic heterocycles. The van der Waals surface area contributed by atoms with Gasteiger partial charge < -0.3 is 15.8 Å². The number of ether oxygens (including phenoxy) is 1. The summed E-state index contributed by atoms with van der Waals surface area (Å²) in [5.74, 6) is -1.09. The second kappa shape index (κ2) is 6.59. The topological polar surface area (TPSA) is 90.1 Å². The Labute approximate surface area is 128 Å². The Morgan fingerprint density at radius 1 is 1.52 bits per heavy atom. The number of carbonyl (C=O) groups excluding carboxylic acids is 1. The molecule has 8 heteroatoms. The first kappa shape index (κ1) is 15.3. The Balaban J connectivity index is 2.43. The fourth-order valence-electron chi connectivity index (χ4n) is 1.58. The van der Waals surface area contributed by atoms with Gasteiger partial charge in [0.25, 0.3) is 0 Å². The zero-order valence-corrected chi connectivity index (χ0v) is 12.6. The SMILES string of the molecule is COC(=O)c1ncc(CN)nc1Nc1ccc(Br)cc1F. The van der Waals surface area contributed by atoms with Crippen LogP contribution in [0, 0.1) is 5.82 Å². The number of nitrogens with two attached hydrogens (primary N) is 1. The number of rotatable bonds is 4. The predicted molar refractivity (Wildman–Crippen MR) is 78.6 cm³/mol. The molecule has 6 nitrogen and oxygen atoms in total. The Morgan fingerprint density at radius 3 is 2.90 bits per heavy atom. The van der Waals surface area contributed by atoms with Crippen molar-refractivity contribution in [2.75, 3.05) is 12.4 Å². The molecule has 1 aromatic carbocycles. The maximum atomic E-state index is 13.9. The third-order valence-electron chi connectivity index (χ3n) is 2.59. The van der Waals surface area contributed by atoms with Gasteiger partial charge in [0.1, 0.15) is 5.82 Å². The molecule has 0 radical (unpaired) electrons. The highest BCUT2D eigenvalue weighted by molar-refractivity contribution is 9.10. The molecule has 0 unspecified atom stereocenters. The van der Waals surface area contributed by atoms with Crippen molar-refractivity contribution in [3.8, 4) is 0 Å². The largest absolute Gasteiger partial charge is 0.464 e. The minimum atomic E-state index is -0.675. The van der Waals surface area contributed by atoms with Gasteiger partial charge in [-0.05, 0) is 18.2 Å². The van der Waals surface area contributed by atoms with Crippen molar-refractivity contribution in [2.45, 2.75) is 6.54 Å². The third kappa shape index (κ3) is 3.53. The average Bonchev–Trinajstić information content (AvgIpc) is 2.49. The molecule has 0 bridgehead atoms. The van der Waals surface area contributed by atoms with Gasteiger partial charge in [-0.3, -0.25) is 0 Å². The van der Waals surface area contributed by atoms with Crippen molar-refractivity contribution in [3.05, 3.63) is 46.1 Å². The van der Waals surface area contributed by atoms with Crippen LogP contribution in [0.2, 0.25) is 0 Å². The number of nitrogens with zero attached hydrogens (tertiary/aromatic N) is 2. The third-order valence-corrected chi connectivity index (χ3v) is 3.09. The van der Waals surface area contributed by atoms with E-state index in [4.69, 9.17) is 5.73 Å². The lowest BCUT2D eigenvalue weighted by Crippen LogP contribution is -2.13. The van der Waals surface area contributed by atoms with E-state index in [2.05, 4.69) is 36.0 Å². The van der Waals surface area contributed by atoms with Gasteiger partial charge in [0.2, 0.25) is 0 Å². The van der Waals surface area contributed by atoms with E-state index < -0.39 is 11.8 Å². The summed E-state index contributed by atoms with van der Waals surface area (Å²) in [6.45, 7) is 0.145. The molecule has 0 saturated heterocycles. The molecule has 0 atom stereocenters. The van der Waals surface area contributed by atoms with Crippen LogP contribution in [0.15, 0.2) is 28.9 Å². The van der Waals surface area contributed by atoms with Crippen LogP contribution < -0.4 is 11.1 Å². The van der Waals surface area contributed by atoms with Gasteiger partial charge in [-0.15, -0.1) is 0 Å². The fourth-order valence-corrected chi connectivity index (χ4v) is 1.91. The summed E-state index contributed by atoms with van der Waals surface area (Å²) in [7, 11) is 1.23. The molecule has 0 spiro atoms. The Kier molecular flexibility index (Phi) is 4.81. The summed E-state index contributed by atoms with van der Waals surface area (Å²) < 4.78 is 19.1. The van der Waals surface area contributed by atoms with E-state index in [0.29, 0.717) is 10.2 Å². The average molecular weight is 355 g/mol. The van der Waals surface area contributed by atoms with Gasteiger partial charge in [0.05, 0.1) is 24.7 Å². The summed E-state index contributed by atoms with van der Waals surface area (Å²) in [4.78, 5) is 19.8. The summed E-state index contributed by atoms with van der Waals surface area (Å²) in [5.41, 5.74) is 6.07. The minimum Gasteiger partial charge on any atom is -0.464 e. The Hall–Kier alpha value is -2.06. The monoisotopic (exact) mass is 354 g/mol. The number of hydrogen-bond acceptors (Lipinski definition) is 6. The normalized spacial score (nSPS) is 10.3. The number of aromatic nitrogens is 2. The molecule has 0 aliphatic carbocycles. The zero-order valence-electron chi connectivity index (χ0n) is 11.1. The number of esters is 1. The molecule has 21 heavy (non-hydrogen) atoms. The van der Waals surface area contributed by atoms with Crippen molar-refractivity contribution >= 4 is 33.4 Å². The van der Waals surface area contributed by atoms with Gasteiger partial charge >= 0.3 is 5.97 Å². The smallest absolute Gasteiger partial charge is 0.360 e. The highest BCUT2D eigenvalue weighted by atomic mass is 79.9. The van der Waals surface area contributed by atoms with Crippen LogP contribution in [-0.4, -0.2) is 23.0 Å². The maximum absolute atomic E-state index is 13.9. The van der Waals surface area contributed by atoms with Crippen LogP contribution in [0.5, 0.6) is 0 Å². The van der Waals surface area contributed by atoms with Crippen LogP contribution in [0.25, 0.3) is 0 Å². The van der Waals surface area contributed by atoms with E-state index in [1.165, 1.54) is 25.4 Å². The number of anilines is 2. The van der Waals surface area contributed by atoms with Crippen LogP contribution in [-0.2, 0) is 11.3 Å². The molecule has 1 aromatic heterocycles. The molecular formula is C13H12BrFN4O2. The first-order valence-corrected chi connectivity index (χ1v) is 6.70. The summed E-state index contributed by atoms with van der Waals surface area (Å²) >= 11 is 3.17. The van der Waals surface area contributed by atoms with E-state index in [-0.39, 0.29) is 23.7 Å². The van der Waals surface area contributed by atoms with Crippen molar-refractivity contribution in [3.63, 3.8) is 0 Å². The van der Waals surface area contributed by atoms with E-state index in [1.54, 1.807) is 6.07 Å². The molecule has 0 aliphatic rings. The van der Waals surface area contributed by atoms with E-state index >= 15 is 0 Å². The molecule has 1 heterocycles. The van der Waals surface area contributed by atoms with Gasteiger partial charge in [-0.25, -0.2) is 19.2 Å². The van der Waals surface area contributed by atoms with Crippen LogP contribution in [0.3, 0.4) is 0 Å². The van der Waals surface area contributed by atoms with Crippen LogP contribution in [0.4, 0.5) is 15.9 Å². The quantitative estimate of drug-likeness (QED) is 0.819. The highest BCUT2D eigenvalue weighted by Gasteiger charge is 2.17. The minimum absolute atomic E-state index is 0.0444. The summed E-state index contributed by atoms with van der Waals surface area (Å²) in [6.07, 6.45) is 1.37. The van der Waals surface area contributed by atoms with E-state index in [0.717, 1.165) is 0 Å². The molecule has 0 amide bonds. The molecule has 2 aromatic rings. The van der Waals surface area contributed by atoms with E-state index in [1.807, 2.05) is 0 Å². The van der Waals surface area contributed by atoms with Crippen LogP contribution in [0.1, 0.15) is 16.2 Å². The summed E-state index contributed by atoms with van der Waals surface area (Å²) in [6, 6.07) is 4.46. The first-order chi connectivity index (χ1) is 10.0. The van der Waals surface area contributed by atoms with E-state index in [9.17, 15) is 9.18 Å². The number of benzene rings is 1. The number of halogens is 2. The van der Waals surface area contributed by atoms with Crippen LogP contribution >= 0.6 is 15.9 Å². The second-order valence-corrected chi connectivity index (χ2v) is 4.92. The second-order valence-electron chi connectivity index (χ2n) is 4.00. The first-order valence-electron chi connectivity index (χ1n) is 5.91. The van der Waals surface area contributed by atoms with Gasteiger partial charge in [0.15, 0.2) is 11.5 Å². The molecule has 110 valence electrons.